The van der Waals surface area contributed by atoms with E-state index in [-0.39, 0.29) is 34.7 Å². The Balaban J connectivity index is 1.59. The maximum absolute atomic E-state index is 12.2. The maximum Gasteiger partial charge on any atom is 0.241 e. The third-order valence-corrected chi connectivity index (χ3v) is 6.55. The SMILES string of the molecule is Cc1ccc(S(=O)(=O)NCc2nnc(CNS(=O)(=O)c3ccccc3)o2)cc1. The zero-order valence-electron chi connectivity index (χ0n) is 14.9. The second-order valence-electron chi connectivity index (χ2n) is 5.86. The molecule has 0 saturated heterocycles. The van der Waals surface area contributed by atoms with E-state index >= 15 is 0 Å². The van der Waals surface area contributed by atoms with Gasteiger partial charge < -0.3 is 4.42 Å². The molecular weight excluding hydrogens is 404 g/mol. The monoisotopic (exact) mass is 422 g/mol. The van der Waals surface area contributed by atoms with Gasteiger partial charge in [0.1, 0.15) is 0 Å². The van der Waals surface area contributed by atoms with Crippen LogP contribution in [0.3, 0.4) is 0 Å². The summed E-state index contributed by atoms with van der Waals surface area (Å²) in [6, 6.07) is 14.2. The number of nitrogens with zero attached hydrogens (tertiary/aromatic N) is 2. The quantitative estimate of drug-likeness (QED) is 0.560. The lowest BCUT2D eigenvalue weighted by atomic mass is 10.2. The molecule has 0 radical (unpaired) electrons. The van der Waals surface area contributed by atoms with Crippen LogP contribution in [0, 0.1) is 6.92 Å². The van der Waals surface area contributed by atoms with Crippen molar-refractivity contribution in [1.82, 2.24) is 19.6 Å². The van der Waals surface area contributed by atoms with Gasteiger partial charge in [0.2, 0.25) is 31.8 Å². The summed E-state index contributed by atoms with van der Waals surface area (Å²) in [6.07, 6.45) is 0. The number of hydrogen-bond acceptors (Lipinski definition) is 7. The van der Waals surface area contributed by atoms with E-state index in [4.69, 9.17) is 4.42 Å². The van der Waals surface area contributed by atoms with Crippen LogP contribution >= 0.6 is 0 Å². The fraction of sp³-hybridized carbons (Fsp3) is 0.176. The first-order valence-electron chi connectivity index (χ1n) is 8.18. The fourth-order valence-corrected chi connectivity index (χ4v) is 4.20. The summed E-state index contributed by atoms with van der Waals surface area (Å²) in [5.41, 5.74) is 0.943. The van der Waals surface area contributed by atoms with E-state index in [0.29, 0.717) is 0 Å². The molecule has 0 amide bonds. The number of hydrogen-bond donors (Lipinski definition) is 2. The van der Waals surface area contributed by atoms with E-state index in [9.17, 15) is 16.8 Å². The predicted octanol–water partition coefficient (Wildman–Crippen LogP) is 1.34. The van der Waals surface area contributed by atoms with E-state index in [1.54, 1.807) is 30.3 Å². The van der Waals surface area contributed by atoms with Crippen molar-refractivity contribution >= 4 is 20.0 Å². The average molecular weight is 422 g/mol. The molecule has 148 valence electrons. The van der Waals surface area contributed by atoms with Crippen LogP contribution in [0.5, 0.6) is 0 Å². The van der Waals surface area contributed by atoms with Crippen molar-refractivity contribution < 1.29 is 21.3 Å². The third kappa shape index (κ3) is 5.01. The van der Waals surface area contributed by atoms with Gasteiger partial charge in [-0.1, -0.05) is 35.9 Å². The first kappa shape index (κ1) is 20.1. The topological polar surface area (TPSA) is 131 Å². The minimum absolute atomic E-state index is 0.0176. The smallest absolute Gasteiger partial charge is 0.241 e. The van der Waals surface area contributed by atoms with Gasteiger partial charge in [-0.05, 0) is 31.2 Å². The number of rotatable bonds is 8. The molecule has 2 N–H and O–H groups in total. The molecule has 0 saturated carbocycles. The Morgan fingerprint density at radius 1 is 0.750 bits per heavy atom. The van der Waals surface area contributed by atoms with E-state index in [2.05, 4.69) is 19.6 Å². The molecule has 3 rings (SSSR count). The summed E-state index contributed by atoms with van der Waals surface area (Å²) in [7, 11) is -7.44. The van der Waals surface area contributed by atoms with Crippen molar-refractivity contribution in [3.05, 3.63) is 71.9 Å². The second-order valence-corrected chi connectivity index (χ2v) is 9.40. The molecule has 3 aromatic rings. The van der Waals surface area contributed by atoms with Gasteiger partial charge in [-0.25, -0.2) is 26.3 Å². The van der Waals surface area contributed by atoms with Gasteiger partial charge in [-0.15, -0.1) is 10.2 Å². The second kappa shape index (κ2) is 8.19. The van der Waals surface area contributed by atoms with Crippen molar-refractivity contribution in [3.63, 3.8) is 0 Å². The molecule has 1 aromatic heterocycles. The van der Waals surface area contributed by atoms with Crippen LogP contribution in [0.15, 0.2) is 68.8 Å². The third-order valence-electron chi connectivity index (χ3n) is 3.72. The molecule has 0 aliphatic heterocycles. The standard InChI is InChI=1S/C17H18N4O5S2/c1-13-7-9-15(10-8-13)28(24,25)19-12-17-21-20-16(26-17)11-18-27(22,23)14-5-3-2-4-6-14/h2-10,18-19H,11-12H2,1H3. The molecule has 0 aliphatic carbocycles. The zero-order valence-corrected chi connectivity index (χ0v) is 16.5. The highest BCUT2D eigenvalue weighted by molar-refractivity contribution is 7.89. The number of aromatic nitrogens is 2. The van der Waals surface area contributed by atoms with Crippen LogP contribution in [0.1, 0.15) is 17.3 Å². The average Bonchev–Trinajstić information content (AvgIpc) is 3.14. The summed E-state index contributed by atoms with van der Waals surface area (Å²) in [5, 5.41) is 7.44. The van der Waals surface area contributed by atoms with Gasteiger partial charge in [0.25, 0.3) is 0 Å². The minimum Gasteiger partial charge on any atom is -0.422 e. The van der Waals surface area contributed by atoms with Crippen LogP contribution in [0.25, 0.3) is 0 Å². The van der Waals surface area contributed by atoms with Crippen LogP contribution in [0.2, 0.25) is 0 Å². The van der Waals surface area contributed by atoms with Crippen molar-refractivity contribution in [3.8, 4) is 0 Å². The van der Waals surface area contributed by atoms with Gasteiger partial charge in [-0.2, -0.15) is 0 Å². The molecule has 0 atom stereocenters. The summed E-state index contributed by atoms with van der Waals surface area (Å²) in [6.45, 7) is 1.43. The molecule has 1 heterocycles. The van der Waals surface area contributed by atoms with Gasteiger partial charge in [0, 0.05) is 0 Å². The fourth-order valence-electron chi connectivity index (χ4n) is 2.23. The first-order chi connectivity index (χ1) is 13.3. The van der Waals surface area contributed by atoms with Crippen molar-refractivity contribution in [1.29, 1.82) is 0 Å². The molecule has 11 heteroatoms. The summed E-state index contributed by atoms with van der Waals surface area (Å²) in [4.78, 5) is 0.231. The van der Waals surface area contributed by atoms with Crippen molar-refractivity contribution in [2.45, 2.75) is 29.8 Å². The van der Waals surface area contributed by atoms with Crippen LogP contribution in [-0.2, 0) is 33.1 Å². The van der Waals surface area contributed by atoms with Gasteiger partial charge >= 0.3 is 0 Å². The molecule has 0 aliphatic rings. The Hall–Kier alpha value is -2.60. The largest absolute Gasteiger partial charge is 0.422 e. The van der Waals surface area contributed by atoms with Crippen LogP contribution < -0.4 is 9.44 Å². The molecule has 0 spiro atoms. The van der Waals surface area contributed by atoms with Gasteiger partial charge in [0.05, 0.1) is 22.9 Å². The highest BCUT2D eigenvalue weighted by Crippen LogP contribution is 2.11. The zero-order chi connectivity index (χ0) is 20.2. The van der Waals surface area contributed by atoms with E-state index in [0.717, 1.165) is 5.56 Å². The summed E-state index contributed by atoms with van der Waals surface area (Å²) in [5.74, 6) is 0.0358. The lowest BCUT2D eigenvalue weighted by molar-refractivity contribution is 0.438. The Morgan fingerprint density at radius 3 is 1.71 bits per heavy atom. The summed E-state index contributed by atoms with van der Waals surface area (Å²) >= 11 is 0. The lowest BCUT2D eigenvalue weighted by Crippen LogP contribution is -2.23. The Bertz CT molecular complexity index is 1140. The minimum atomic E-state index is -3.73. The van der Waals surface area contributed by atoms with Crippen LogP contribution in [-0.4, -0.2) is 27.0 Å². The number of nitrogens with one attached hydrogen (secondary N) is 2. The number of sulfonamides is 2. The molecule has 0 unspecified atom stereocenters. The number of aryl methyl sites for hydroxylation is 1. The number of benzene rings is 2. The van der Waals surface area contributed by atoms with E-state index < -0.39 is 20.0 Å². The van der Waals surface area contributed by atoms with Crippen molar-refractivity contribution in [2.75, 3.05) is 0 Å². The predicted molar refractivity (Wildman–Crippen MR) is 100.0 cm³/mol. The van der Waals surface area contributed by atoms with E-state index in [1.165, 1.54) is 24.3 Å². The van der Waals surface area contributed by atoms with Gasteiger partial charge in [0.15, 0.2) is 0 Å². The van der Waals surface area contributed by atoms with Crippen molar-refractivity contribution in [2.24, 2.45) is 0 Å². The van der Waals surface area contributed by atoms with Crippen LogP contribution in [0.4, 0.5) is 0 Å². The highest BCUT2D eigenvalue weighted by atomic mass is 32.2. The molecule has 0 fully saturated rings. The molecule has 0 bridgehead atoms. The first-order valence-corrected chi connectivity index (χ1v) is 11.2. The normalized spacial score (nSPS) is 12.2. The Kier molecular flexibility index (Phi) is 5.89. The Morgan fingerprint density at radius 2 is 1.21 bits per heavy atom. The van der Waals surface area contributed by atoms with Gasteiger partial charge in [-0.3, -0.25) is 0 Å². The molecular formula is C17H18N4O5S2. The molecule has 2 aromatic carbocycles. The molecule has 28 heavy (non-hydrogen) atoms. The summed E-state index contributed by atoms with van der Waals surface area (Å²) < 4.78 is 58.8. The highest BCUT2D eigenvalue weighted by Gasteiger charge is 2.17. The van der Waals surface area contributed by atoms with E-state index in [1.807, 2.05) is 6.92 Å². The molecule has 9 nitrogen and oxygen atoms in total. The maximum atomic E-state index is 12.2. The Labute approximate surface area is 162 Å². The lowest BCUT2D eigenvalue weighted by Gasteiger charge is -2.05.